The van der Waals surface area contributed by atoms with Crippen molar-refractivity contribution in [2.24, 2.45) is 0 Å². The van der Waals surface area contributed by atoms with Gasteiger partial charge in [0, 0.05) is 20.8 Å². The summed E-state index contributed by atoms with van der Waals surface area (Å²) in [6.45, 7) is 2.02. The van der Waals surface area contributed by atoms with Crippen LogP contribution in [-0.2, 0) is 0 Å². The normalized spacial score (nSPS) is 12.2. The Morgan fingerprint density at radius 2 is 1.95 bits per heavy atom. The van der Waals surface area contributed by atoms with Crippen LogP contribution < -0.4 is 5.32 Å². The number of aromatic nitrogens is 1. The minimum atomic E-state index is -0.245. The van der Waals surface area contributed by atoms with Crippen molar-refractivity contribution < 1.29 is 5.11 Å². The maximum absolute atomic E-state index is 9.55. The largest absolute Gasteiger partial charge is 0.394 e. The molecule has 0 saturated carbocycles. The molecule has 0 aliphatic heterocycles. The van der Waals surface area contributed by atoms with Gasteiger partial charge in [0.1, 0.15) is 0 Å². The standard InChI is InChI=1S/C14H14Br2N2O/c1-9-2-4-11(5-3-9)18-13(8-19)14-12(16)6-10(15)7-17-14/h2-7,13,18-19H,8H2,1H3. The summed E-state index contributed by atoms with van der Waals surface area (Å²) in [5.41, 5.74) is 2.95. The summed E-state index contributed by atoms with van der Waals surface area (Å²) in [4.78, 5) is 4.35. The molecule has 0 amide bonds. The Balaban J connectivity index is 2.22. The summed E-state index contributed by atoms with van der Waals surface area (Å²) >= 11 is 6.84. The zero-order valence-electron chi connectivity index (χ0n) is 10.4. The maximum atomic E-state index is 9.55. The van der Waals surface area contributed by atoms with Crippen molar-refractivity contribution in [3.8, 4) is 0 Å². The number of aliphatic hydroxyl groups is 1. The maximum Gasteiger partial charge on any atom is 0.0929 e. The van der Waals surface area contributed by atoms with Gasteiger partial charge in [-0.25, -0.2) is 0 Å². The lowest BCUT2D eigenvalue weighted by atomic mass is 10.1. The molecule has 1 atom stereocenters. The number of halogens is 2. The number of aliphatic hydroxyl groups excluding tert-OH is 1. The number of anilines is 1. The molecule has 1 aromatic carbocycles. The van der Waals surface area contributed by atoms with E-state index in [1.54, 1.807) is 6.20 Å². The van der Waals surface area contributed by atoms with Crippen LogP contribution >= 0.6 is 31.9 Å². The van der Waals surface area contributed by atoms with Crippen LogP contribution in [0.5, 0.6) is 0 Å². The minimum absolute atomic E-state index is 0.0267. The molecule has 0 saturated heterocycles. The molecule has 3 nitrogen and oxygen atoms in total. The van der Waals surface area contributed by atoms with Crippen molar-refractivity contribution in [2.45, 2.75) is 13.0 Å². The average molecular weight is 386 g/mol. The van der Waals surface area contributed by atoms with E-state index in [9.17, 15) is 5.11 Å². The average Bonchev–Trinajstić information content (AvgIpc) is 2.39. The van der Waals surface area contributed by atoms with E-state index in [1.165, 1.54) is 5.56 Å². The van der Waals surface area contributed by atoms with Crippen LogP contribution in [0.1, 0.15) is 17.3 Å². The van der Waals surface area contributed by atoms with E-state index in [4.69, 9.17) is 0 Å². The third-order valence-electron chi connectivity index (χ3n) is 2.74. The van der Waals surface area contributed by atoms with Crippen LogP contribution in [0.25, 0.3) is 0 Å². The summed E-state index contributed by atoms with van der Waals surface area (Å²) in [6, 6.07) is 9.71. The molecule has 2 N–H and O–H groups in total. The van der Waals surface area contributed by atoms with Crippen molar-refractivity contribution >= 4 is 37.5 Å². The van der Waals surface area contributed by atoms with E-state index in [2.05, 4.69) is 42.2 Å². The molecule has 1 unspecified atom stereocenters. The molecule has 100 valence electrons. The third-order valence-corrected chi connectivity index (χ3v) is 3.81. The number of pyridine rings is 1. The van der Waals surface area contributed by atoms with Crippen LogP contribution in [0.4, 0.5) is 5.69 Å². The molecule has 0 bridgehead atoms. The number of rotatable bonds is 4. The Morgan fingerprint density at radius 3 is 2.53 bits per heavy atom. The van der Waals surface area contributed by atoms with Gasteiger partial charge >= 0.3 is 0 Å². The van der Waals surface area contributed by atoms with Crippen molar-refractivity contribution in [3.63, 3.8) is 0 Å². The number of nitrogens with one attached hydrogen (secondary N) is 1. The van der Waals surface area contributed by atoms with E-state index in [-0.39, 0.29) is 12.6 Å². The first kappa shape index (κ1) is 14.5. The highest BCUT2D eigenvalue weighted by Crippen LogP contribution is 2.27. The van der Waals surface area contributed by atoms with Gasteiger partial charge in [0.05, 0.1) is 18.3 Å². The lowest BCUT2D eigenvalue weighted by Gasteiger charge is -2.18. The molecule has 2 aromatic rings. The Bertz CT molecular complexity index is 558. The molecule has 5 heteroatoms. The topological polar surface area (TPSA) is 45.1 Å². The van der Waals surface area contributed by atoms with Crippen molar-refractivity contribution in [1.29, 1.82) is 0 Å². The van der Waals surface area contributed by atoms with E-state index in [1.807, 2.05) is 37.3 Å². The minimum Gasteiger partial charge on any atom is -0.394 e. The molecule has 2 rings (SSSR count). The summed E-state index contributed by atoms with van der Waals surface area (Å²) in [5, 5.41) is 12.8. The fraction of sp³-hybridized carbons (Fsp3) is 0.214. The van der Waals surface area contributed by atoms with Gasteiger partial charge in [0.2, 0.25) is 0 Å². The van der Waals surface area contributed by atoms with E-state index in [0.717, 1.165) is 20.3 Å². The lowest BCUT2D eigenvalue weighted by molar-refractivity contribution is 0.274. The zero-order chi connectivity index (χ0) is 13.8. The van der Waals surface area contributed by atoms with Gasteiger partial charge in [0.15, 0.2) is 0 Å². The second-order valence-corrected chi connectivity index (χ2v) is 6.04. The van der Waals surface area contributed by atoms with E-state index in [0.29, 0.717) is 0 Å². The monoisotopic (exact) mass is 384 g/mol. The highest BCUT2D eigenvalue weighted by Gasteiger charge is 2.15. The Kier molecular flexibility index (Phi) is 4.96. The predicted molar refractivity (Wildman–Crippen MR) is 84.3 cm³/mol. The number of hydrogen-bond acceptors (Lipinski definition) is 3. The zero-order valence-corrected chi connectivity index (χ0v) is 13.6. The Labute approximate surface area is 129 Å². The second-order valence-electron chi connectivity index (χ2n) is 4.27. The van der Waals surface area contributed by atoms with Crippen molar-refractivity contribution in [1.82, 2.24) is 4.98 Å². The van der Waals surface area contributed by atoms with Gasteiger partial charge in [-0.15, -0.1) is 0 Å². The smallest absolute Gasteiger partial charge is 0.0929 e. The third kappa shape index (κ3) is 3.78. The van der Waals surface area contributed by atoms with Gasteiger partial charge in [-0.2, -0.15) is 0 Å². The van der Waals surface area contributed by atoms with Crippen LogP contribution in [0, 0.1) is 6.92 Å². The van der Waals surface area contributed by atoms with Gasteiger partial charge in [-0.3, -0.25) is 4.98 Å². The lowest BCUT2D eigenvalue weighted by Crippen LogP contribution is -2.16. The molecular weight excluding hydrogens is 372 g/mol. The van der Waals surface area contributed by atoms with Crippen LogP contribution in [0.3, 0.4) is 0 Å². The summed E-state index contributed by atoms with van der Waals surface area (Å²) in [5.74, 6) is 0. The quantitative estimate of drug-likeness (QED) is 0.833. The molecular formula is C14H14Br2N2O. The first-order chi connectivity index (χ1) is 9.10. The number of benzene rings is 1. The van der Waals surface area contributed by atoms with Crippen molar-refractivity contribution in [2.75, 3.05) is 11.9 Å². The molecule has 0 aliphatic carbocycles. The van der Waals surface area contributed by atoms with Gasteiger partial charge in [-0.05, 0) is 57.0 Å². The number of nitrogens with zero attached hydrogens (tertiary/aromatic N) is 1. The summed E-state index contributed by atoms with van der Waals surface area (Å²) in [6.07, 6.45) is 1.72. The summed E-state index contributed by atoms with van der Waals surface area (Å²) < 4.78 is 1.76. The Hall–Kier alpha value is -0.910. The first-order valence-corrected chi connectivity index (χ1v) is 7.43. The fourth-order valence-corrected chi connectivity index (χ4v) is 3.00. The first-order valence-electron chi connectivity index (χ1n) is 5.85. The van der Waals surface area contributed by atoms with Gasteiger partial charge < -0.3 is 10.4 Å². The Morgan fingerprint density at radius 1 is 1.26 bits per heavy atom. The molecule has 19 heavy (non-hydrogen) atoms. The highest BCUT2D eigenvalue weighted by molar-refractivity contribution is 9.11. The second kappa shape index (κ2) is 6.50. The molecule has 1 aromatic heterocycles. The molecule has 0 aliphatic rings. The van der Waals surface area contributed by atoms with Crippen LogP contribution in [0.2, 0.25) is 0 Å². The fourth-order valence-electron chi connectivity index (χ4n) is 1.73. The molecule has 0 radical (unpaired) electrons. The van der Waals surface area contributed by atoms with Gasteiger partial charge in [0.25, 0.3) is 0 Å². The van der Waals surface area contributed by atoms with E-state index < -0.39 is 0 Å². The predicted octanol–water partition coefficient (Wildman–Crippen LogP) is 4.06. The highest BCUT2D eigenvalue weighted by atomic mass is 79.9. The number of hydrogen-bond donors (Lipinski definition) is 2. The number of aryl methyl sites for hydroxylation is 1. The van der Waals surface area contributed by atoms with E-state index >= 15 is 0 Å². The van der Waals surface area contributed by atoms with Crippen LogP contribution in [0.15, 0.2) is 45.5 Å². The summed E-state index contributed by atoms with van der Waals surface area (Å²) in [7, 11) is 0. The molecule has 0 spiro atoms. The molecule has 0 fully saturated rings. The molecule has 1 heterocycles. The van der Waals surface area contributed by atoms with Crippen LogP contribution in [-0.4, -0.2) is 16.7 Å². The SMILES string of the molecule is Cc1ccc(NC(CO)c2ncc(Br)cc2Br)cc1. The van der Waals surface area contributed by atoms with Crippen molar-refractivity contribution in [3.05, 3.63) is 56.7 Å². The van der Waals surface area contributed by atoms with Gasteiger partial charge in [-0.1, -0.05) is 17.7 Å².